The van der Waals surface area contributed by atoms with Gasteiger partial charge in [0.25, 0.3) is 0 Å². The Morgan fingerprint density at radius 2 is 0.696 bits per heavy atom. The van der Waals surface area contributed by atoms with Crippen molar-refractivity contribution in [3.05, 3.63) is 157 Å². The standard InChI is InChI=1S/C42H22F4/c43-31-15-13-23(14-16-31)28-17-24-9-11-26-19-29(20-27-12-10-25(18-28)38(24)39(26)27)40-32-5-1-3-7-34(32)41(35-8-4-2-6-33(35)40)30-21-36(44)42(46)37(45)22-30/h1-22H. The molecule has 0 spiro atoms. The summed E-state index contributed by atoms with van der Waals surface area (Å²) in [7, 11) is 0. The average molecular weight is 603 g/mol. The van der Waals surface area contributed by atoms with Crippen molar-refractivity contribution in [2.24, 2.45) is 0 Å². The van der Waals surface area contributed by atoms with Gasteiger partial charge >= 0.3 is 0 Å². The molecular weight excluding hydrogens is 580 g/mol. The van der Waals surface area contributed by atoms with E-state index in [2.05, 4.69) is 48.5 Å². The molecule has 0 radical (unpaired) electrons. The summed E-state index contributed by atoms with van der Waals surface area (Å²) in [6.07, 6.45) is 0. The Kier molecular flexibility index (Phi) is 5.72. The predicted molar refractivity (Wildman–Crippen MR) is 181 cm³/mol. The van der Waals surface area contributed by atoms with Gasteiger partial charge in [-0.3, -0.25) is 0 Å². The van der Waals surface area contributed by atoms with E-state index in [1.54, 1.807) is 12.1 Å². The van der Waals surface area contributed by atoms with Gasteiger partial charge < -0.3 is 0 Å². The van der Waals surface area contributed by atoms with Crippen LogP contribution in [0.3, 0.4) is 0 Å². The summed E-state index contributed by atoms with van der Waals surface area (Å²) in [5, 5.41) is 10.3. The molecule has 0 heterocycles. The Bertz CT molecular complexity index is 2520. The van der Waals surface area contributed by atoms with Crippen LogP contribution in [0, 0.1) is 23.3 Å². The van der Waals surface area contributed by atoms with Crippen LogP contribution in [0.1, 0.15) is 0 Å². The molecule has 218 valence electrons. The van der Waals surface area contributed by atoms with Gasteiger partial charge in [-0.05, 0) is 136 Å². The molecule has 0 atom stereocenters. The van der Waals surface area contributed by atoms with Crippen molar-refractivity contribution in [2.75, 3.05) is 0 Å². The largest absolute Gasteiger partial charge is 0.207 e. The van der Waals surface area contributed by atoms with Crippen molar-refractivity contribution in [3.8, 4) is 33.4 Å². The van der Waals surface area contributed by atoms with Gasteiger partial charge in [0.15, 0.2) is 17.5 Å². The topological polar surface area (TPSA) is 0 Å². The highest BCUT2D eigenvalue weighted by molar-refractivity contribution is 6.26. The number of rotatable bonds is 3. The van der Waals surface area contributed by atoms with E-state index >= 15 is 0 Å². The molecule has 0 unspecified atom stereocenters. The Labute approximate surface area is 261 Å². The number of hydrogen-bond acceptors (Lipinski definition) is 0. The molecule has 0 aromatic heterocycles. The van der Waals surface area contributed by atoms with Gasteiger partial charge in [0.2, 0.25) is 0 Å². The molecule has 9 aromatic carbocycles. The van der Waals surface area contributed by atoms with Crippen LogP contribution >= 0.6 is 0 Å². The molecule has 0 aliphatic carbocycles. The Balaban J connectivity index is 1.31. The van der Waals surface area contributed by atoms with E-state index in [9.17, 15) is 17.6 Å². The Morgan fingerprint density at radius 3 is 1.11 bits per heavy atom. The second kappa shape index (κ2) is 9.88. The van der Waals surface area contributed by atoms with Gasteiger partial charge in [-0.1, -0.05) is 84.9 Å². The smallest absolute Gasteiger partial charge is 0.194 e. The summed E-state index contributed by atoms with van der Waals surface area (Å²) in [5.41, 5.74) is 4.97. The third-order valence-electron chi connectivity index (χ3n) is 9.20. The van der Waals surface area contributed by atoms with Gasteiger partial charge in [0.1, 0.15) is 5.82 Å². The minimum atomic E-state index is -1.48. The molecule has 0 amide bonds. The Morgan fingerprint density at radius 1 is 0.326 bits per heavy atom. The molecular formula is C42H22F4. The predicted octanol–water partition coefficient (Wildman–Crippen LogP) is 12.4. The van der Waals surface area contributed by atoms with Crippen LogP contribution < -0.4 is 0 Å². The zero-order valence-electron chi connectivity index (χ0n) is 24.2. The molecule has 9 aromatic rings. The lowest BCUT2D eigenvalue weighted by Crippen LogP contribution is -1.95. The first-order chi connectivity index (χ1) is 22.4. The highest BCUT2D eigenvalue weighted by atomic mass is 19.2. The van der Waals surface area contributed by atoms with Crippen LogP contribution in [0.25, 0.3) is 87.2 Å². The van der Waals surface area contributed by atoms with Crippen molar-refractivity contribution in [2.45, 2.75) is 0 Å². The molecule has 46 heavy (non-hydrogen) atoms. The van der Waals surface area contributed by atoms with Gasteiger partial charge in [-0.2, -0.15) is 0 Å². The fraction of sp³-hybridized carbons (Fsp3) is 0. The van der Waals surface area contributed by atoms with E-state index in [1.807, 2.05) is 48.5 Å². The first-order valence-electron chi connectivity index (χ1n) is 15.0. The van der Waals surface area contributed by atoms with Gasteiger partial charge in [-0.25, -0.2) is 17.6 Å². The summed E-state index contributed by atoms with van der Waals surface area (Å²) in [5.74, 6) is -4.17. The lowest BCUT2D eigenvalue weighted by Gasteiger charge is -2.19. The van der Waals surface area contributed by atoms with Gasteiger partial charge in [-0.15, -0.1) is 0 Å². The normalized spacial score (nSPS) is 11.9. The fourth-order valence-electron chi connectivity index (χ4n) is 7.24. The molecule has 0 fully saturated rings. The van der Waals surface area contributed by atoms with E-state index in [0.717, 1.165) is 77.5 Å². The van der Waals surface area contributed by atoms with Crippen molar-refractivity contribution in [1.82, 2.24) is 0 Å². The second-order valence-electron chi connectivity index (χ2n) is 11.8. The van der Waals surface area contributed by atoms with Gasteiger partial charge in [0, 0.05) is 0 Å². The summed E-state index contributed by atoms with van der Waals surface area (Å²) < 4.78 is 56.6. The van der Waals surface area contributed by atoms with E-state index < -0.39 is 17.5 Å². The molecule has 0 nitrogen and oxygen atoms in total. The van der Waals surface area contributed by atoms with Gasteiger partial charge in [0.05, 0.1) is 0 Å². The maximum atomic E-state index is 14.5. The van der Waals surface area contributed by atoms with Crippen molar-refractivity contribution < 1.29 is 17.6 Å². The summed E-state index contributed by atoms with van der Waals surface area (Å²) in [6.45, 7) is 0. The first kappa shape index (κ1) is 26.6. The number of hydrogen-bond donors (Lipinski definition) is 0. The lowest BCUT2D eigenvalue weighted by atomic mass is 9.84. The number of benzene rings is 9. The highest BCUT2D eigenvalue weighted by Crippen LogP contribution is 2.46. The van der Waals surface area contributed by atoms with E-state index in [0.29, 0.717) is 5.56 Å². The van der Waals surface area contributed by atoms with Crippen molar-refractivity contribution >= 4 is 53.9 Å². The average Bonchev–Trinajstić information content (AvgIpc) is 3.08. The zero-order valence-corrected chi connectivity index (χ0v) is 24.2. The molecule has 0 aliphatic heterocycles. The maximum absolute atomic E-state index is 14.5. The molecule has 0 aliphatic rings. The summed E-state index contributed by atoms with van der Waals surface area (Å²) in [6, 6.07) is 41.7. The molecule has 4 heteroatoms. The maximum Gasteiger partial charge on any atom is 0.194 e. The quantitative estimate of drug-likeness (QED) is 0.0817. The monoisotopic (exact) mass is 602 g/mol. The molecule has 0 saturated heterocycles. The van der Waals surface area contributed by atoms with Crippen LogP contribution in [-0.4, -0.2) is 0 Å². The zero-order chi connectivity index (χ0) is 31.1. The number of halogens is 4. The third kappa shape index (κ3) is 3.93. The molecule has 0 saturated carbocycles. The van der Waals surface area contributed by atoms with Crippen LogP contribution in [0.2, 0.25) is 0 Å². The third-order valence-corrected chi connectivity index (χ3v) is 9.20. The molecule has 0 N–H and O–H groups in total. The summed E-state index contributed by atoms with van der Waals surface area (Å²) in [4.78, 5) is 0. The van der Waals surface area contributed by atoms with Crippen LogP contribution in [-0.2, 0) is 0 Å². The number of fused-ring (bicyclic) bond motifs is 2. The first-order valence-corrected chi connectivity index (χ1v) is 15.0. The molecule has 9 rings (SSSR count). The molecule has 0 bridgehead atoms. The summed E-state index contributed by atoms with van der Waals surface area (Å²) >= 11 is 0. The van der Waals surface area contributed by atoms with E-state index in [-0.39, 0.29) is 11.4 Å². The minimum Gasteiger partial charge on any atom is -0.207 e. The minimum absolute atomic E-state index is 0.259. The van der Waals surface area contributed by atoms with E-state index in [4.69, 9.17) is 0 Å². The lowest BCUT2D eigenvalue weighted by molar-refractivity contribution is 0.448. The van der Waals surface area contributed by atoms with Crippen LogP contribution in [0.4, 0.5) is 17.6 Å². The SMILES string of the molecule is Fc1ccc(-c2cc3ccc4cc(-c5c6ccccc6c(-c6cc(F)c(F)c(F)c6)c6ccccc56)cc5ccc(c2)c3c45)cc1. The van der Waals surface area contributed by atoms with Crippen LogP contribution in [0.5, 0.6) is 0 Å². The second-order valence-corrected chi connectivity index (χ2v) is 11.8. The fourth-order valence-corrected chi connectivity index (χ4v) is 7.24. The Hall–Kier alpha value is -5.74. The van der Waals surface area contributed by atoms with E-state index in [1.165, 1.54) is 22.9 Å². The van der Waals surface area contributed by atoms with Crippen molar-refractivity contribution in [1.29, 1.82) is 0 Å². The van der Waals surface area contributed by atoms with Crippen molar-refractivity contribution in [3.63, 3.8) is 0 Å². The highest BCUT2D eigenvalue weighted by Gasteiger charge is 2.20. The van der Waals surface area contributed by atoms with Crippen LogP contribution in [0.15, 0.2) is 133 Å².